The van der Waals surface area contributed by atoms with E-state index in [1.807, 2.05) is 12.1 Å². The molecule has 0 spiro atoms. The third kappa shape index (κ3) is 3.44. The smallest absolute Gasteiger partial charge is 0.222 e. The molecule has 108 valence electrons. The molecule has 2 N–H and O–H groups in total. The van der Waals surface area contributed by atoms with Crippen molar-refractivity contribution in [1.29, 1.82) is 0 Å². The lowest BCUT2D eigenvalue weighted by Crippen LogP contribution is -2.31. The molecule has 0 radical (unpaired) electrons. The number of amides is 2. The largest absolute Gasteiger partial charge is 0.369 e. The molecular weight excluding hydrogens is 299 g/mol. The molecule has 0 aliphatic carbocycles. The highest BCUT2D eigenvalue weighted by Gasteiger charge is 2.29. The fourth-order valence-electron chi connectivity index (χ4n) is 2.36. The lowest BCUT2D eigenvalue weighted by atomic mass is 10.1. The second-order valence-corrected chi connectivity index (χ2v) is 5.73. The maximum absolute atomic E-state index is 12.1. The summed E-state index contributed by atoms with van der Waals surface area (Å²) in [5.41, 5.74) is 6.11. The van der Waals surface area contributed by atoms with E-state index >= 15 is 0 Å². The molecule has 2 rings (SSSR count). The average Bonchev–Trinajstić information content (AvgIpc) is 2.90. The van der Waals surface area contributed by atoms with Crippen molar-refractivity contribution >= 4 is 35.0 Å². The number of hydrogen-bond acceptors (Lipinski definition) is 2. The van der Waals surface area contributed by atoms with Crippen LogP contribution in [0.2, 0.25) is 10.0 Å². The first-order valence-electron chi connectivity index (χ1n) is 6.49. The average molecular weight is 315 g/mol. The molecule has 1 aromatic rings. The lowest BCUT2D eigenvalue weighted by Gasteiger charge is -2.16. The molecule has 0 unspecified atom stereocenters. The molecule has 6 heteroatoms. The predicted octanol–water partition coefficient (Wildman–Crippen LogP) is 2.26. The molecule has 0 saturated carbocycles. The minimum atomic E-state index is -0.335. The third-order valence-corrected chi connectivity index (χ3v) is 4.44. The summed E-state index contributed by atoms with van der Waals surface area (Å²) >= 11 is 12.0. The molecule has 4 nitrogen and oxygen atoms in total. The molecule has 1 atom stereocenters. The summed E-state index contributed by atoms with van der Waals surface area (Å²) in [6, 6.07) is 5.39. The molecule has 1 saturated heterocycles. The summed E-state index contributed by atoms with van der Waals surface area (Å²) in [6.45, 7) is 1.02. The van der Waals surface area contributed by atoms with Crippen molar-refractivity contribution in [3.05, 3.63) is 33.8 Å². The van der Waals surface area contributed by atoms with Crippen molar-refractivity contribution in [2.24, 2.45) is 11.7 Å². The Morgan fingerprint density at radius 3 is 2.75 bits per heavy atom. The van der Waals surface area contributed by atoms with Crippen LogP contribution >= 0.6 is 23.2 Å². The van der Waals surface area contributed by atoms with Crippen LogP contribution < -0.4 is 5.73 Å². The third-order valence-electron chi connectivity index (χ3n) is 3.58. The van der Waals surface area contributed by atoms with E-state index in [4.69, 9.17) is 28.9 Å². The normalized spacial score (nSPS) is 18.3. The summed E-state index contributed by atoms with van der Waals surface area (Å²) in [7, 11) is 0. The van der Waals surface area contributed by atoms with Gasteiger partial charge in [-0.2, -0.15) is 0 Å². The highest BCUT2D eigenvalue weighted by atomic mass is 35.5. The van der Waals surface area contributed by atoms with Crippen molar-refractivity contribution in [1.82, 2.24) is 4.90 Å². The van der Waals surface area contributed by atoms with E-state index in [-0.39, 0.29) is 17.7 Å². The zero-order chi connectivity index (χ0) is 14.7. The van der Waals surface area contributed by atoms with Gasteiger partial charge in [-0.1, -0.05) is 35.3 Å². The van der Waals surface area contributed by atoms with Crippen LogP contribution in [0.3, 0.4) is 0 Å². The van der Waals surface area contributed by atoms with Crippen LogP contribution in [-0.2, 0) is 16.0 Å². The number of likely N-dealkylation sites (tertiary alicyclic amines) is 1. The van der Waals surface area contributed by atoms with Crippen LogP contribution in [0.15, 0.2) is 18.2 Å². The van der Waals surface area contributed by atoms with Gasteiger partial charge in [-0.05, 0) is 24.5 Å². The SMILES string of the molecule is NC(=O)[C@H]1CCN(C(=O)CCc2cccc(Cl)c2Cl)C1. The second-order valence-electron chi connectivity index (χ2n) is 4.94. The van der Waals surface area contributed by atoms with E-state index < -0.39 is 0 Å². The summed E-state index contributed by atoms with van der Waals surface area (Å²) in [6.07, 6.45) is 1.54. The van der Waals surface area contributed by atoms with E-state index in [2.05, 4.69) is 0 Å². The van der Waals surface area contributed by atoms with Gasteiger partial charge in [0.25, 0.3) is 0 Å². The number of primary amides is 1. The number of halogens is 2. The monoisotopic (exact) mass is 314 g/mol. The molecule has 1 aliphatic heterocycles. The Kier molecular flexibility index (Phi) is 4.89. The Hall–Kier alpha value is -1.26. The Morgan fingerprint density at radius 2 is 2.10 bits per heavy atom. The molecule has 1 fully saturated rings. The van der Waals surface area contributed by atoms with Crippen LogP contribution in [0, 0.1) is 5.92 Å². The Balaban J connectivity index is 1.90. The number of benzene rings is 1. The highest BCUT2D eigenvalue weighted by molar-refractivity contribution is 6.42. The van der Waals surface area contributed by atoms with Gasteiger partial charge in [-0.15, -0.1) is 0 Å². The van der Waals surface area contributed by atoms with E-state index in [0.29, 0.717) is 42.4 Å². The number of carbonyl (C=O) groups is 2. The van der Waals surface area contributed by atoms with Gasteiger partial charge in [0, 0.05) is 19.5 Å². The van der Waals surface area contributed by atoms with Gasteiger partial charge in [0.15, 0.2) is 0 Å². The number of nitrogens with two attached hydrogens (primary N) is 1. The molecular formula is C14H16Cl2N2O2. The van der Waals surface area contributed by atoms with Crippen molar-refractivity contribution in [2.45, 2.75) is 19.3 Å². The molecule has 0 aromatic heterocycles. The van der Waals surface area contributed by atoms with Crippen LogP contribution in [0.1, 0.15) is 18.4 Å². The number of nitrogens with zero attached hydrogens (tertiary/aromatic N) is 1. The van der Waals surface area contributed by atoms with Crippen LogP contribution in [0.4, 0.5) is 0 Å². The number of aryl methyl sites for hydroxylation is 1. The summed E-state index contributed by atoms with van der Waals surface area (Å²) in [5.74, 6) is -0.531. The van der Waals surface area contributed by atoms with Crippen molar-refractivity contribution in [3.63, 3.8) is 0 Å². The maximum atomic E-state index is 12.1. The quantitative estimate of drug-likeness (QED) is 0.926. The minimum Gasteiger partial charge on any atom is -0.369 e. The van der Waals surface area contributed by atoms with Gasteiger partial charge < -0.3 is 10.6 Å². The predicted molar refractivity (Wildman–Crippen MR) is 78.7 cm³/mol. The van der Waals surface area contributed by atoms with Crippen LogP contribution in [0.5, 0.6) is 0 Å². The maximum Gasteiger partial charge on any atom is 0.222 e. The van der Waals surface area contributed by atoms with Gasteiger partial charge >= 0.3 is 0 Å². The number of rotatable bonds is 4. The van der Waals surface area contributed by atoms with E-state index in [1.165, 1.54) is 0 Å². The lowest BCUT2D eigenvalue weighted by molar-refractivity contribution is -0.130. The molecule has 0 bridgehead atoms. The summed E-state index contributed by atoms with van der Waals surface area (Å²) in [5, 5.41) is 0.991. The van der Waals surface area contributed by atoms with Crippen molar-refractivity contribution in [2.75, 3.05) is 13.1 Å². The van der Waals surface area contributed by atoms with Gasteiger partial charge in [-0.3, -0.25) is 9.59 Å². The van der Waals surface area contributed by atoms with Gasteiger partial charge in [0.2, 0.25) is 11.8 Å². The first-order valence-corrected chi connectivity index (χ1v) is 7.24. The summed E-state index contributed by atoms with van der Waals surface area (Å²) in [4.78, 5) is 24.9. The molecule has 1 aromatic carbocycles. The van der Waals surface area contributed by atoms with Gasteiger partial charge in [0.1, 0.15) is 0 Å². The van der Waals surface area contributed by atoms with E-state index in [0.717, 1.165) is 5.56 Å². The van der Waals surface area contributed by atoms with Crippen LogP contribution in [-0.4, -0.2) is 29.8 Å². The topological polar surface area (TPSA) is 63.4 Å². The van der Waals surface area contributed by atoms with E-state index in [1.54, 1.807) is 11.0 Å². The first kappa shape index (κ1) is 15.1. The molecule has 1 aliphatic rings. The fourth-order valence-corrected chi connectivity index (χ4v) is 2.77. The summed E-state index contributed by atoms with van der Waals surface area (Å²) < 4.78 is 0. The second kappa shape index (κ2) is 6.46. The van der Waals surface area contributed by atoms with Gasteiger partial charge in [0.05, 0.1) is 16.0 Å². The standard InChI is InChI=1S/C14H16Cl2N2O2/c15-11-3-1-2-9(13(11)16)4-5-12(19)18-7-6-10(8-18)14(17)20/h1-3,10H,4-8H2,(H2,17,20)/t10-/m0/s1. The zero-order valence-corrected chi connectivity index (χ0v) is 12.5. The first-order chi connectivity index (χ1) is 9.49. The number of carbonyl (C=O) groups excluding carboxylic acids is 2. The molecule has 2 amide bonds. The van der Waals surface area contributed by atoms with Crippen molar-refractivity contribution in [3.8, 4) is 0 Å². The molecule has 20 heavy (non-hydrogen) atoms. The van der Waals surface area contributed by atoms with Crippen molar-refractivity contribution < 1.29 is 9.59 Å². The van der Waals surface area contributed by atoms with Crippen LogP contribution in [0.25, 0.3) is 0 Å². The minimum absolute atomic E-state index is 0.0183. The van der Waals surface area contributed by atoms with E-state index in [9.17, 15) is 9.59 Å². The Labute approximate surface area is 127 Å². The Morgan fingerprint density at radius 1 is 1.35 bits per heavy atom. The zero-order valence-electron chi connectivity index (χ0n) is 10.9. The highest BCUT2D eigenvalue weighted by Crippen LogP contribution is 2.26. The number of hydrogen-bond donors (Lipinski definition) is 1. The van der Waals surface area contributed by atoms with Gasteiger partial charge in [-0.25, -0.2) is 0 Å². The fraction of sp³-hybridized carbons (Fsp3) is 0.429. The Bertz CT molecular complexity index is 534. The molecule has 1 heterocycles.